The fraction of sp³-hybridized carbons (Fsp3) is 0.333. The number of aromatic nitrogens is 2. The summed E-state index contributed by atoms with van der Waals surface area (Å²) < 4.78 is 26.6. The maximum atomic E-state index is 12.2. The number of hydrogen-bond donors (Lipinski definition) is 2. The number of benzene rings is 1. The second kappa shape index (κ2) is 6.55. The fourth-order valence-electron chi connectivity index (χ4n) is 1.74. The van der Waals surface area contributed by atoms with E-state index < -0.39 is 10.2 Å². The van der Waals surface area contributed by atoms with Crippen molar-refractivity contribution in [1.82, 2.24) is 13.3 Å². The molecule has 8 nitrogen and oxygen atoms in total. The molecule has 0 aliphatic carbocycles. The molecule has 0 radical (unpaired) electrons. The van der Waals surface area contributed by atoms with E-state index >= 15 is 0 Å². The van der Waals surface area contributed by atoms with Crippen molar-refractivity contribution in [3.63, 3.8) is 0 Å². The van der Waals surface area contributed by atoms with E-state index in [4.69, 9.17) is 10.5 Å². The van der Waals surface area contributed by atoms with E-state index in [0.29, 0.717) is 11.0 Å². The molecule has 0 fully saturated rings. The first-order chi connectivity index (χ1) is 9.79. The van der Waals surface area contributed by atoms with Gasteiger partial charge in [-0.3, -0.25) is 4.79 Å². The lowest BCUT2D eigenvalue weighted by atomic mass is 10.1. The fourth-order valence-corrected chi connectivity index (χ4v) is 2.74. The number of imidazole rings is 1. The van der Waals surface area contributed by atoms with Crippen LogP contribution >= 0.6 is 0 Å². The summed E-state index contributed by atoms with van der Waals surface area (Å²) in [5.41, 5.74) is 12.0. The molecule has 0 atom stereocenters. The smallest absolute Gasteiger partial charge is 0.310 e. The van der Waals surface area contributed by atoms with Gasteiger partial charge in [-0.25, -0.2) is 4.98 Å². The number of nitrogens with zero attached hydrogens (tertiary/aromatic N) is 3. The molecular formula is C12H19N5O3S. The van der Waals surface area contributed by atoms with Gasteiger partial charge in [0.25, 0.3) is 0 Å². The minimum absolute atomic E-state index is 0.0213. The van der Waals surface area contributed by atoms with Crippen LogP contribution in [-0.2, 0) is 21.4 Å². The van der Waals surface area contributed by atoms with Gasteiger partial charge in [-0.1, -0.05) is 13.0 Å². The largest absolute Gasteiger partial charge is 0.372 e. The average molecular weight is 313 g/mol. The molecule has 116 valence electrons. The number of anilines is 1. The highest BCUT2D eigenvalue weighted by Crippen LogP contribution is 2.22. The number of hydrogen-bond acceptors (Lipinski definition) is 5. The highest BCUT2D eigenvalue weighted by Gasteiger charge is 2.22. The molecule has 0 aliphatic rings. The van der Waals surface area contributed by atoms with Gasteiger partial charge >= 0.3 is 10.2 Å². The quantitative estimate of drug-likeness (QED) is 0.768. The monoisotopic (exact) mass is 313 g/mol. The van der Waals surface area contributed by atoms with Crippen LogP contribution in [0.3, 0.4) is 0 Å². The first-order valence-corrected chi connectivity index (χ1v) is 7.54. The van der Waals surface area contributed by atoms with Crippen LogP contribution in [-0.4, -0.2) is 42.2 Å². The van der Waals surface area contributed by atoms with Crippen molar-refractivity contribution in [3.8, 4) is 0 Å². The van der Waals surface area contributed by atoms with Crippen molar-refractivity contribution in [2.24, 2.45) is 5.73 Å². The number of fused-ring (bicyclic) bond motifs is 1. The number of carbonyl (C=O) groups is 1. The third kappa shape index (κ3) is 3.31. The maximum Gasteiger partial charge on any atom is 0.310 e. The summed E-state index contributed by atoms with van der Waals surface area (Å²) >= 11 is 0. The Hall–Kier alpha value is -2.13. The van der Waals surface area contributed by atoms with Gasteiger partial charge in [-0.2, -0.15) is 16.7 Å². The minimum Gasteiger partial charge on any atom is -0.372 e. The van der Waals surface area contributed by atoms with Crippen LogP contribution in [0.5, 0.6) is 0 Å². The molecule has 1 heterocycles. The number of aryl methyl sites for hydroxylation is 1. The van der Waals surface area contributed by atoms with Gasteiger partial charge in [0, 0.05) is 14.1 Å². The molecule has 21 heavy (non-hydrogen) atoms. The number of carbonyl (C=O) groups excluding carboxylic acids is 1. The van der Waals surface area contributed by atoms with Gasteiger partial charge in [0.05, 0.1) is 11.0 Å². The molecule has 4 N–H and O–H groups in total. The Balaban J connectivity index is 0.000000677. The van der Waals surface area contributed by atoms with Crippen molar-refractivity contribution in [2.45, 2.75) is 13.3 Å². The summed E-state index contributed by atoms with van der Waals surface area (Å²) in [5, 5.41) is 0. The molecule has 1 aromatic carbocycles. The number of amides is 1. The summed E-state index contributed by atoms with van der Waals surface area (Å²) in [6.07, 6.45) is 1.07. The molecule has 2 aromatic rings. The zero-order chi connectivity index (χ0) is 16.2. The van der Waals surface area contributed by atoms with Crippen molar-refractivity contribution >= 4 is 33.6 Å². The maximum absolute atomic E-state index is 12.2. The van der Waals surface area contributed by atoms with Crippen molar-refractivity contribution in [1.29, 1.82) is 0 Å². The topological polar surface area (TPSA) is 124 Å². The molecule has 0 saturated heterocycles. The van der Waals surface area contributed by atoms with E-state index in [2.05, 4.69) is 10.7 Å². The summed E-state index contributed by atoms with van der Waals surface area (Å²) in [6.45, 7) is 2.01. The van der Waals surface area contributed by atoms with Crippen LogP contribution in [0.1, 0.15) is 12.5 Å². The zero-order valence-corrected chi connectivity index (χ0v) is 13.0. The number of nitrogens with two attached hydrogens (primary N) is 2. The summed E-state index contributed by atoms with van der Waals surface area (Å²) in [4.78, 5) is 12.7. The lowest BCUT2D eigenvalue weighted by Crippen LogP contribution is -2.29. The van der Waals surface area contributed by atoms with Crippen molar-refractivity contribution < 1.29 is 13.2 Å². The van der Waals surface area contributed by atoms with E-state index in [0.717, 1.165) is 20.3 Å². The lowest BCUT2D eigenvalue weighted by Gasteiger charge is -2.13. The van der Waals surface area contributed by atoms with Gasteiger partial charge in [0.15, 0.2) is 0 Å². The Bertz CT molecular complexity index is 737. The minimum atomic E-state index is -3.65. The van der Waals surface area contributed by atoms with Crippen LogP contribution in [0.25, 0.3) is 11.0 Å². The Morgan fingerprint density at radius 3 is 2.43 bits per heavy atom. The Labute approximate surface area is 123 Å². The van der Waals surface area contributed by atoms with Gasteiger partial charge in [-0.15, -0.1) is 0 Å². The summed E-state index contributed by atoms with van der Waals surface area (Å²) in [6, 6.07) is 5.51. The average Bonchev–Trinajstić information content (AvgIpc) is 2.74. The molecule has 0 saturated carbocycles. The zero-order valence-electron chi connectivity index (χ0n) is 12.1. The second-order valence-electron chi connectivity index (χ2n) is 4.34. The van der Waals surface area contributed by atoms with Crippen LogP contribution in [0.2, 0.25) is 0 Å². The lowest BCUT2D eigenvalue weighted by molar-refractivity contribution is -0.106. The third-order valence-electron chi connectivity index (χ3n) is 2.80. The highest BCUT2D eigenvalue weighted by molar-refractivity contribution is 7.87. The first-order valence-electron chi connectivity index (χ1n) is 6.14. The molecule has 9 heteroatoms. The molecule has 1 amide bonds. The van der Waals surface area contributed by atoms with Gasteiger partial charge in [0.1, 0.15) is 0 Å². The van der Waals surface area contributed by atoms with Gasteiger partial charge in [0.2, 0.25) is 12.4 Å². The molecule has 0 bridgehead atoms. The molecule has 1 aromatic heterocycles. The SMILES string of the molecule is CCc1ccc2nc(N)n(S(=O)(=O)N(C)C)c2c1.NC=O. The number of primary amides is 1. The van der Waals surface area contributed by atoms with Crippen LogP contribution in [0, 0.1) is 0 Å². The molecule has 0 aliphatic heterocycles. The van der Waals surface area contributed by atoms with Crippen LogP contribution in [0.15, 0.2) is 18.2 Å². The molecule has 0 unspecified atom stereocenters. The molecule has 0 spiro atoms. The van der Waals surface area contributed by atoms with E-state index in [1.807, 2.05) is 13.0 Å². The van der Waals surface area contributed by atoms with E-state index in [1.54, 1.807) is 12.1 Å². The van der Waals surface area contributed by atoms with Gasteiger partial charge < -0.3 is 11.5 Å². The molecule has 2 rings (SSSR count). The Kier molecular flexibility index (Phi) is 5.28. The standard InChI is InChI=1S/C11H16N4O2S.CH3NO/c1-4-8-5-6-9-10(7-8)15(11(12)13-9)18(16,17)14(2)3;2-1-3/h5-7H,4H2,1-3H3,(H2,12,13);1H,(H2,2,3). The Morgan fingerprint density at radius 1 is 1.38 bits per heavy atom. The first kappa shape index (κ1) is 16.9. The normalized spacial score (nSPS) is 11.2. The van der Waals surface area contributed by atoms with E-state index in [1.165, 1.54) is 14.1 Å². The van der Waals surface area contributed by atoms with E-state index in [9.17, 15) is 8.42 Å². The predicted octanol–water partition coefficient (Wildman–Crippen LogP) is -0.0631. The van der Waals surface area contributed by atoms with Crippen LogP contribution in [0.4, 0.5) is 5.95 Å². The second-order valence-corrected chi connectivity index (χ2v) is 6.33. The summed E-state index contributed by atoms with van der Waals surface area (Å²) in [7, 11) is -0.728. The van der Waals surface area contributed by atoms with Crippen molar-refractivity contribution in [3.05, 3.63) is 23.8 Å². The highest BCUT2D eigenvalue weighted by atomic mass is 32.2. The predicted molar refractivity (Wildman–Crippen MR) is 81.8 cm³/mol. The summed E-state index contributed by atoms with van der Waals surface area (Å²) in [5.74, 6) is -0.0213. The number of nitrogen functional groups attached to an aromatic ring is 1. The van der Waals surface area contributed by atoms with E-state index in [-0.39, 0.29) is 12.4 Å². The third-order valence-corrected chi connectivity index (χ3v) is 4.57. The van der Waals surface area contributed by atoms with Crippen LogP contribution < -0.4 is 11.5 Å². The number of rotatable bonds is 3. The van der Waals surface area contributed by atoms with Gasteiger partial charge in [-0.05, 0) is 24.1 Å². The van der Waals surface area contributed by atoms with Crippen molar-refractivity contribution in [2.75, 3.05) is 19.8 Å². The Morgan fingerprint density at radius 2 is 1.95 bits per heavy atom. The molecular weight excluding hydrogens is 294 g/mol.